The maximum absolute atomic E-state index is 11.7. The molecule has 1 aromatic heterocycles. The summed E-state index contributed by atoms with van der Waals surface area (Å²) in [6.07, 6.45) is 4.48. The summed E-state index contributed by atoms with van der Waals surface area (Å²) in [4.78, 5) is 29.8. The lowest BCUT2D eigenvalue weighted by atomic mass is 10.2. The number of pyridine rings is 1. The largest absolute Gasteiger partial charge is 0.488 e. The number of non-ortho nitro benzene ring substituents is 1. The summed E-state index contributed by atoms with van der Waals surface area (Å²) in [6, 6.07) is 7.30. The Hall–Kier alpha value is -3.29. The first-order valence-corrected chi connectivity index (χ1v) is 6.67. The molecule has 0 atom stereocenters. The van der Waals surface area contributed by atoms with Crippen LogP contribution in [0, 0.1) is 10.1 Å². The minimum absolute atomic E-state index is 0.00315. The van der Waals surface area contributed by atoms with Crippen molar-refractivity contribution in [3.8, 4) is 5.75 Å². The van der Waals surface area contributed by atoms with Crippen LogP contribution >= 0.6 is 0 Å². The van der Waals surface area contributed by atoms with Gasteiger partial charge in [0.15, 0.2) is 0 Å². The standard InChI is InChI=1S/C15H14N4O4/c1-16-15(20)13-6-7-17-10-14(13)18-8-9-23-12-4-2-11(3-5-12)19(21)22/h2-8,10H,9H2,1H3,(H,16,20)/b18-8+. The lowest BCUT2D eigenvalue weighted by Gasteiger charge is -2.04. The normalized spacial score (nSPS) is 10.5. The van der Waals surface area contributed by atoms with Crippen LogP contribution in [-0.4, -0.2) is 35.7 Å². The first-order valence-electron chi connectivity index (χ1n) is 6.67. The Morgan fingerprint density at radius 3 is 2.78 bits per heavy atom. The van der Waals surface area contributed by atoms with Gasteiger partial charge in [-0.25, -0.2) is 0 Å². The number of aromatic nitrogens is 1. The number of carbonyl (C=O) groups is 1. The molecule has 0 aliphatic heterocycles. The highest BCUT2D eigenvalue weighted by molar-refractivity contribution is 5.99. The number of nitro groups is 1. The number of hydrogen-bond donors (Lipinski definition) is 1. The van der Waals surface area contributed by atoms with Crippen LogP contribution in [0.5, 0.6) is 5.75 Å². The molecule has 0 unspecified atom stereocenters. The van der Waals surface area contributed by atoms with E-state index in [9.17, 15) is 14.9 Å². The first kappa shape index (κ1) is 16.1. The van der Waals surface area contributed by atoms with Crippen molar-refractivity contribution in [2.45, 2.75) is 0 Å². The zero-order valence-corrected chi connectivity index (χ0v) is 12.3. The van der Waals surface area contributed by atoms with Crippen molar-refractivity contribution in [1.82, 2.24) is 10.3 Å². The van der Waals surface area contributed by atoms with Gasteiger partial charge in [0, 0.05) is 31.6 Å². The van der Waals surface area contributed by atoms with Crippen molar-refractivity contribution in [1.29, 1.82) is 0 Å². The number of nitro benzene ring substituents is 1. The fourth-order valence-electron chi connectivity index (χ4n) is 1.75. The van der Waals surface area contributed by atoms with Gasteiger partial charge in [-0.15, -0.1) is 0 Å². The number of nitrogens with one attached hydrogen (secondary N) is 1. The van der Waals surface area contributed by atoms with E-state index in [2.05, 4.69) is 15.3 Å². The van der Waals surface area contributed by atoms with Gasteiger partial charge in [-0.1, -0.05) is 0 Å². The van der Waals surface area contributed by atoms with E-state index < -0.39 is 4.92 Å². The van der Waals surface area contributed by atoms with Crippen molar-refractivity contribution in [3.05, 3.63) is 58.4 Å². The number of benzene rings is 1. The summed E-state index contributed by atoms with van der Waals surface area (Å²) in [5, 5.41) is 13.1. The summed E-state index contributed by atoms with van der Waals surface area (Å²) in [5.41, 5.74) is 0.838. The second kappa shape index (κ2) is 7.64. The van der Waals surface area contributed by atoms with Crippen LogP contribution in [0.15, 0.2) is 47.7 Å². The summed E-state index contributed by atoms with van der Waals surface area (Å²) in [7, 11) is 1.54. The lowest BCUT2D eigenvalue weighted by molar-refractivity contribution is -0.384. The van der Waals surface area contributed by atoms with E-state index >= 15 is 0 Å². The highest BCUT2D eigenvalue weighted by atomic mass is 16.6. The molecule has 8 nitrogen and oxygen atoms in total. The zero-order chi connectivity index (χ0) is 16.7. The first-order chi connectivity index (χ1) is 11.1. The van der Waals surface area contributed by atoms with E-state index in [-0.39, 0.29) is 18.2 Å². The van der Waals surface area contributed by atoms with Crippen LogP contribution in [0.1, 0.15) is 10.4 Å². The van der Waals surface area contributed by atoms with E-state index in [1.54, 1.807) is 6.07 Å². The number of amides is 1. The molecule has 1 N–H and O–H groups in total. The molecule has 0 fully saturated rings. The Kier molecular flexibility index (Phi) is 5.35. The van der Waals surface area contributed by atoms with Crippen molar-refractivity contribution in [2.24, 2.45) is 4.99 Å². The Bertz CT molecular complexity index is 729. The molecule has 0 saturated heterocycles. The van der Waals surface area contributed by atoms with Crippen molar-refractivity contribution >= 4 is 23.5 Å². The predicted octanol–water partition coefficient (Wildman–Crippen LogP) is 2.13. The highest BCUT2D eigenvalue weighted by Gasteiger charge is 2.08. The number of aliphatic imine (C=N–C) groups is 1. The molecular weight excluding hydrogens is 300 g/mol. The molecule has 2 rings (SSSR count). The summed E-state index contributed by atoms with van der Waals surface area (Å²) >= 11 is 0. The average Bonchev–Trinajstić information content (AvgIpc) is 2.58. The average molecular weight is 314 g/mol. The number of carbonyl (C=O) groups excluding carboxylic acids is 1. The van der Waals surface area contributed by atoms with E-state index in [0.29, 0.717) is 17.0 Å². The maximum atomic E-state index is 11.7. The third-order valence-electron chi connectivity index (χ3n) is 2.87. The van der Waals surface area contributed by atoms with Gasteiger partial charge in [0.2, 0.25) is 0 Å². The van der Waals surface area contributed by atoms with Crippen LogP contribution in [-0.2, 0) is 0 Å². The fraction of sp³-hybridized carbons (Fsp3) is 0.133. The number of rotatable bonds is 6. The zero-order valence-electron chi connectivity index (χ0n) is 12.3. The molecule has 0 aliphatic rings. The number of nitrogens with zero attached hydrogens (tertiary/aromatic N) is 3. The molecule has 0 bridgehead atoms. The van der Waals surface area contributed by atoms with Crippen LogP contribution < -0.4 is 10.1 Å². The second-order valence-corrected chi connectivity index (χ2v) is 4.35. The van der Waals surface area contributed by atoms with Gasteiger partial charge in [-0.05, 0) is 18.2 Å². The summed E-state index contributed by atoms with van der Waals surface area (Å²) in [5.74, 6) is 0.232. The molecule has 1 aromatic carbocycles. The van der Waals surface area contributed by atoms with Crippen LogP contribution in [0.4, 0.5) is 11.4 Å². The lowest BCUT2D eigenvalue weighted by Crippen LogP contribution is -2.17. The smallest absolute Gasteiger partial charge is 0.269 e. The molecule has 1 heterocycles. The fourth-order valence-corrected chi connectivity index (χ4v) is 1.75. The van der Waals surface area contributed by atoms with Crippen molar-refractivity contribution in [3.63, 3.8) is 0 Å². The second-order valence-electron chi connectivity index (χ2n) is 4.35. The molecule has 0 saturated carbocycles. The van der Waals surface area contributed by atoms with Gasteiger partial charge in [-0.3, -0.25) is 24.9 Å². The van der Waals surface area contributed by atoms with E-state index in [0.717, 1.165) is 0 Å². The van der Waals surface area contributed by atoms with Gasteiger partial charge >= 0.3 is 0 Å². The predicted molar refractivity (Wildman–Crippen MR) is 84.4 cm³/mol. The molecule has 0 spiro atoms. The Morgan fingerprint density at radius 2 is 2.13 bits per heavy atom. The minimum Gasteiger partial charge on any atom is -0.488 e. The van der Waals surface area contributed by atoms with E-state index in [4.69, 9.17) is 4.74 Å². The monoisotopic (exact) mass is 314 g/mol. The Morgan fingerprint density at radius 1 is 1.39 bits per heavy atom. The minimum atomic E-state index is -0.478. The van der Waals surface area contributed by atoms with Crippen LogP contribution in [0.3, 0.4) is 0 Å². The molecule has 0 aliphatic carbocycles. The van der Waals surface area contributed by atoms with Crippen LogP contribution in [0.2, 0.25) is 0 Å². The maximum Gasteiger partial charge on any atom is 0.269 e. The van der Waals surface area contributed by atoms with E-state index in [1.165, 1.54) is 49.9 Å². The molecule has 1 amide bonds. The third kappa shape index (κ3) is 4.34. The SMILES string of the molecule is CNC(=O)c1ccncc1/N=C/COc1ccc([N+](=O)[O-])cc1. The van der Waals surface area contributed by atoms with Gasteiger partial charge in [0.1, 0.15) is 12.4 Å². The van der Waals surface area contributed by atoms with Gasteiger partial charge < -0.3 is 10.1 Å². The Balaban J connectivity index is 1.97. The number of ether oxygens (including phenoxy) is 1. The molecular formula is C15H14N4O4. The van der Waals surface area contributed by atoms with Crippen LogP contribution in [0.25, 0.3) is 0 Å². The molecule has 0 radical (unpaired) electrons. The quantitative estimate of drug-likeness (QED) is 0.499. The van der Waals surface area contributed by atoms with E-state index in [1.807, 2.05) is 0 Å². The molecule has 23 heavy (non-hydrogen) atoms. The molecule has 8 heteroatoms. The molecule has 118 valence electrons. The Labute approximate surface area is 132 Å². The van der Waals surface area contributed by atoms with Crippen molar-refractivity contribution < 1.29 is 14.5 Å². The summed E-state index contributed by atoms with van der Waals surface area (Å²) < 4.78 is 5.40. The summed E-state index contributed by atoms with van der Waals surface area (Å²) in [6.45, 7) is 0.153. The van der Waals surface area contributed by atoms with Gasteiger partial charge in [-0.2, -0.15) is 0 Å². The van der Waals surface area contributed by atoms with Gasteiger partial charge in [0.05, 0.1) is 22.4 Å². The highest BCUT2D eigenvalue weighted by Crippen LogP contribution is 2.18. The van der Waals surface area contributed by atoms with Gasteiger partial charge in [0.25, 0.3) is 11.6 Å². The topological polar surface area (TPSA) is 107 Å². The third-order valence-corrected chi connectivity index (χ3v) is 2.87. The van der Waals surface area contributed by atoms with Crippen molar-refractivity contribution in [2.75, 3.05) is 13.7 Å². The number of hydrogen-bond acceptors (Lipinski definition) is 6. The molecule has 2 aromatic rings.